The molecule has 2 aromatic rings. The van der Waals surface area contributed by atoms with Gasteiger partial charge < -0.3 is 5.32 Å². The van der Waals surface area contributed by atoms with E-state index in [4.69, 9.17) is 0 Å². The fourth-order valence-corrected chi connectivity index (χ4v) is 5.15. The summed E-state index contributed by atoms with van der Waals surface area (Å²) in [6.07, 6.45) is 3.80. The van der Waals surface area contributed by atoms with Gasteiger partial charge in [0.05, 0.1) is 8.58 Å². The fourth-order valence-electron chi connectivity index (χ4n) is 3.03. The van der Waals surface area contributed by atoms with Crippen LogP contribution in [0.25, 0.3) is 0 Å². The highest BCUT2D eigenvalue weighted by Crippen LogP contribution is 2.36. The van der Waals surface area contributed by atoms with Gasteiger partial charge >= 0.3 is 0 Å². The van der Waals surface area contributed by atoms with Gasteiger partial charge in [0, 0.05) is 35.8 Å². The number of thiophene rings is 1. The molecule has 0 spiro atoms. The second-order valence-corrected chi connectivity index (χ2v) is 8.56. The van der Waals surface area contributed by atoms with Crippen molar-refractivity contribution in [1.29, 1.82) is 0 Å². The summed E-state index contributed by atoms with van der Waals surface area (Å²) in [7, 11) is 2.02. The number of hydrogen-bond acceptors (Lipinski definition) is 3. The predicted octanol–water partition coefficient (Wildman–Crippen LogP) is 3.87. The Bertz CT molecular complexity index is 629. The predicted molar refractivity (Wildman–Crippen MR) is 92.2 cm³/mol. The minimum absolute atomic E-state index is 0.512. The molecule has 3 nitrogen and oxygen atoms in total. The van der Waals surface area contributed by atoms with Gasteiger partial charge in [0.15, 0.2) is 0 Å². The molecule has 0 saturated heterocycles. The Labute approximate surface area is 137 Å². The number of rotatable bonds is 3. The lowest BCUT2D eigenvalue weighted by molar-refractivity contribution is 0.462. The van der Waals surface area contributed by atoms with E-state index in [9.17, 15) is 0 Å². The van der Waals surface area contributed by atoms with Crippen molar-refractivity contribution < 1.29 is 0 Å². The maximum atomic E-state index is 4.50. The van der Waals surface area contributed by atoms with E-state index >= 15 is 0 Å². The van der Waals surface area contributed by atoms with E-state index in [1.54, 1.807) is 4.88 Å². The highest BCUT2D eigenvalue weighted by molar-refractivity contribution is 14.1. The summed E-state index contributed by atoms with van der Waals surface area (Å²) < 4.78 is 3.39. The Hall–Kier alpha value is -0.400. The Morgan fingerprint density at radius 1 is 1.50 bits per heavy atom. The van der Waals surface area contributed by atoms with Crippen molar-refractivity contribution in [2.75, 3.05) is 0 Å². The van der Waals surface area contributed by atoms with Crippen LogP contribution < -0.4 is 5.32 Å². The molecule has 1 atom stereocenters. The van der Waals surface area contributed by atoms with E-state index in [0.29, 0.717) is 6.04 Å². The molecule has 0 bridgehead atoms. The van der Waals surface area contributed by atoms with Crippen molar-refractivity contribution in [3.05, 3.63) is 36.3 Å². The molecule has 3 rings (SSSR count). The van der Waals surface area contributed by atoms with E-state index in [1.165, 1.54) is 39.0 Å². The summed E-state index contributed by atoms with van der Waals surface area (Å²) in [6, 6.07) is 2.87. The van der Waals surface area contributed by atoms with Gasteiger partial charge in [0.25, 0.3) is 0 Å². The van der Waals surface area contributed by atoms with Crippen LogP contribution in [-0.4, -0.2) is 9.78 Å². The number of halogens is 1. The zero-order chi connectivity index (χ0) is 14.3. The van der Waals surface area contributed by atoms with Crippen molar-refractivity contribution in [1.82, 2.24) is 15.1 Å². The lowest BCUT2D eigenvalue weighted by Crippen LogP contribution is -2.24. The van der Waals surface area contributed by atoms with Crippen LogP contribution in [-0.2, 0) is 20.0 Å². The molecule has 0 fully saturated rings. The first-order valence-corrected chi connectivity index (χ1v) is 8.96. The van der Waals surface area contributed by atoms with Crippen molar-refractivity contribution in [3.8, 4) is 0 Å². The molecule has 1 N–H and O–H groups in total. The first-order valence-electron chi connectivity index (χ1n) is 7.07. The number of aromatic nitrogens is 2. The molecule has 2 aromatic heterocycles. The van der Waals surface area contributed by atoms with Gasteiger partial charge in [-0.05, 0) is 67.3 Å². The molecule has 1 unspecified atom stereocenters. The Morgan fingerprint density at radius 3 is 3.00 bits per heavy atom. The van der Waals surface area contributed by atoms with Crippen molar-refractivity contribution in [3.63, 3.8) is 0 Å². The Kier molecular flexibility index (Phi) is 4.19. The number of fused-ring (bicyclic) bond motifs is 1. The number of nitrogens with zero attached hydrogens (tertiary/aromatic N) is 2. The summed E-state index contributed by atoms with van der Waals surface area (Å²) in [6.45, 7) is 5.17. The fraction of sp³-hybridized carbons (Fsp3) is 0.533. The maximum Gasteiger partial charge on any atom is 0.0659 e. The monoisotopic (exact) mass is 401 g/mol. The average Bonchev–Trinajstić information content (AvgIpc) is 2.89. The highest BCUT2D eigenvalue weighted by atomic mass is 127. The standard InChI is InChI=1S/C15H20IN3S/c1-9-12(10(2)19(3)18-9)8-17-13-5-4-6-14-11(13)7-15(16)20-14/h7,13,17H,4-6,8H2,1-3H3. The van der Waals surface area contributed by atoms with E-state index in [1.807, 2.05) is 23.1 Å². The molecular weight excluding hydrogens is 381 g/mol. The zero-order valence-corrected chi connectivity index (χ0v) is 15.1. The number of aryl methyl sites for hydroxylation is 3. The third-order valence-electron chi connectivity index (χ3n) is 4.27. The van der Waals surface area contributed by atoms with Crippen LogP contribution in [0.1, 0.15) is 46.3 Å². The summed E-state index contributed by atoms with van der Waals surface area (Å²) in [5, 5.41) is 8.25. The van der Waals surface area contributed by atoms with Crippen LogP contribution in [0.5, 0.6) is 0 Å². The van der Waals surface area contributed by atoms with E-state index < -0.39 is 0 Å². The molecular formula is C15H20IN3S. The lowest BCUT2D eigenvalue weighted by atomic mass is 9.94. The van der Waals surface area contributed by atoms with Crippen LogP contribution in [0.3, 0.4) is 0 Å². The maximum absolute atomic E-state index is 4.50. The van der Waals surface area contributed by atoms with Gasteiger partial charge in [-0.2, -0.15) is 5.10 Å². The summed E-state index contributed by atoms with van der Waals surface area (Å²) in [5.74, 6) is 0. The smallest absolute Gasteiger partial charge is 0.0659 e. The quantitative estimate of drug-likeness (QED) is 0.792. The van der Waals surface area contributed by atoms with Crippen LogP contribution in [0.4, 0.5) is 0 Å². The van der Waals surface area contributed by atoms with Crippen molar-refractivity contribution in [2.45, 2.75) is 45.7 Å². The number of nitrogens with one attached hydrogen (secondary N) is 1. The molecule has 20 heavy (non-hydrogen) atoms. The molecule has 0 aromatic carbocycles. The molecule has 0 amide bonds. The van der Waals surface area contributed by atoms with Crippen LogP contribution >= 0.6 is 33.9 Å². The third-order valence-corrected chi connectivity index (χ3v) is 6.24. The van der Waals surface area contributed by atoms with Crippen molar-refractivity contribution in [2.24, 2.45) is 7.05 Å². The van der Waals surface area contributed by atoms with Gasteiger partial charge in [0.1, 0.15) is 0 Å². The number of hydrogen-bond donors (Lipinski definition) is 1. The summed E-state index contributed by atoms with van der Waals surface area (Å²) >= 11 is 4.40. The molecule has 2 heterocycles. The van der Waals surface area contributed by atoms with Crippen LogP contribution in [0, 0.1) is 16.7 Å². The highest BCUT2D eigenvalue weighted by Gasteiger charge is 2.22. The Balaban J connectivity index is 1.76. The molecule has 0 aliphatic heterocycles. The summed E-state index contributed by atoms with van der Waals surface area (Å²) in [5.41, 5.74) is 5.30. The van der Waals surface area contributed by atoms with Crippen molar-refractivity contribution >= 4 is 33.9 Å². The second-order valence-electron chi connectivity index (χ2n) is 5.53. The molecule has 5 heteroatoms. The van der Waals surface area contributed by atoms with Crippen LogP contribution in [0.15, 0.2) is 6.07 Å². The van der Waals surface area contributed by atoms with E-state index in [-0.39, 0.29) is 0 Å². The molecule has 0 radical (unpaired) electrons. The Morgan fingerprint density at radius 2 is 2.30 bits per heavy atom. The van der Waals surface area contributed by atoms with Gasteiger partial charge in [-0.3, -0.25) is 4.68 Å². The van der Waals surface area contributed by atoms with E-state index in [0.717, 1.165) is 12.2 Å². The lowest BCUT2D eigenvalue weighted by Gasteiger charge is -2.23. The van der Waals surface area contributed by atoms with Gasteiger partial charge in [0.2, 0.25) is 0 Å². The second kappa shape index (κ2) is 5.77. The topological polar surface area (TPSA) is 29.9 Å². The minimum Gasteiger partial charge on any atom is -0.306 e. The van der Waals surface area contributed by atoms with Gasteiger partial charge in [-0.15, -0.1) is 11.3 Å². The molecule has 1 aliphatic carbocycles. The first-order chi connectivity index (χ1) is 9.56. The van der Waals surface area contributed by atoms with E-state index in [2.05, 4.69) is 52.9 Å². The largest absolute Gasteiger partial charge is 0.306 e. The molecule has 0 saturated carbocycles. The van der Waals surface area contributed by atoms with Crippen LogP contribution in [0.2, 0.25) is 0 Å². The molecule has 108 valence electrons. The molecule has 1 aliphatic rings. The summed E-state index contributed by atoms with van der Waals surface area (Å²) in [4.78, 5) is 1.58. The van der Waals surface area contributed by atoms with Gasteiger partial charge in [-0.25, -0.2) is 0 Å². The SMILES string of the molecule is Cc1nn(C)c(C)c1CNC1CCCc2sc(I)cc21. The zero-order valence-electron chi connectivity index (χ0n) is 12.2. The minimum atomic E-state index is 0.512. The average molecular weight is 401 g/mol. The van der Waals surface area contributed by atoms with Gasteiger partial charge in [-0.1, -0.05) is 0 Å². The normalized spacial score (nSPS) is 18.3. The third kappa shape index (κ3) is 2.67. The first kappa shape index (κ1) is 14.5.